The topological polar surface area (TPSA) is 20.2 Å². The van der Waals surface area contributed by atoms with Crippen LogP contribution in [0.2, 0.25) is 5.02 Å². The van der Waals surface area contributed by atoms with E-state index in [0.29, 0.717) is 10.0 Å². The van der Waals surface area contributed by atoms with Gasteiger partial charge in [-0.15, -0.1) is 0 Å². The first-order valence-electron chi connectivity index (χ1n) is 3.96. The fourth-order valence-electron chi connectivity index (χ4n) is 1.63. The Labute approximate surface area is 92.8 Å². The Hall–Kier alpha value is -0.190. The molecule has 5 heteroatoms. The van der Waals surface area contributed by atoms with Crippen molar-refractivity contribution in [1.82, 2.24) is 0 Å². The van der Waals surface area contributed by atoms with E-state index in [2.05, 4.69) is 15.9 Å². The van der Waals surface area contributed by atoms with Crippen LogP contribution in [0.5, 0.6) is 0 Å². The first kappa shape index (κ1) is 10.3. The zero-order chi connectivity index (χ0) is 10.5. The van der Waals surface area contributed by atoms with Crippen LogP contribution in [0.4, 0.5) is 8.78 Å². The van der Waals surface area contributed by atoms with Gasteiger partial charge in [-0.3, -0.25) is 0 Å². The molecule has 1 aromatic rings. The fraction of sp³-hybridized carbons (Fsp3) is 0.333. The smallest absolute Gasteiger partial charge is 0.281 e. The summed E-state index contributed by atoms with van der Waals surface area (Å²) in [5.41, 5.74) is 0.543. The molecule has 1 aliphatic rings. The van der Waals surface area contributed by atoms with E-state index in [0.717, 1.165) is 0 Å². The van der Waals surface area contributed by atoms with E-state index < -0.39 is 18.4 Å². The van der Waals surface area contributed by atoms with E-state index in [9.17, 15) is 13.9 Å². The van der Waals surface area contributed by atoms with Gasteiger partial charge in [-0.25, -0.2) is 8.78 Å². The van der Waals surface area contributed by atoms with Crippen LogP contribution < -0.4 is 0 Å². The maximum absolute atomic E-state index is 13.2. The van der Waals surface area contributed by atoms with Gasteiger partial charge in [0, 0.05) is 21.5 Å². The number of aliphatic hydroxyl groups excluding tert-OH is 1. The molecule has 0 unspecified atom stereocenters. The number of hydrogen-bond donors (Lipinski definition) is 1. The molecular formula is C9H6BrClF2O. The van der Waals surface area contributed by atoms with Crippen LogP contribution in [0.15, 0.2) is 16.6 Å². The van der Waals surface area contributed by atoms with Crippen LogP contribution in [-0.4, -0.2) is 11.0 Å². The number of hydrogen-bond acceptors (Lipinski definition) is 1. The molecule has 0 saturated heterocycles. The molecule has 0 bridgehead atoms. The first-order valence-corrected chi connectivity index (χ1v) is 5.13. The van der Waals surface area contributed by atoms with Gasteiger partial charge >= 0.3 is 0 Å². The van der Waals surface area contributed by atoms with E-state index >= 15 is 0 Å². The summed E-state index contributed by atoms with van der Waals surface area (Å²) in [4.78, 5) is 0. The van der Waals surface area contributed by atoms with Crippen molar-refractivity contribution in [2.24, 2.45) is 0 Å². The third-order valence-corrected chi connectivity index (χ3v) is 3.41. The van der Waals surface area contributed by atoms with Crippen molar-refractivity contribution in [3.8, 4) is 0 Å². The van der Waals surface area contributed by atoms with Crippen LogP contribution in [0.3, 0.4) is 0 Å². The fourth-order valence-corrected chi connectivity index (χ4v) is 2.39. The van der Waals surface area contributed by atoms with Crippen LogP contribution in [0.25, 0.3) is 0 Å². The molecular weight excluding hydrogens is 277 g/mol. The number of benzene rings is 1. The van der Waals surface area contributed by atoms with Crippen LogP contribution in [0.1, 0.15) is 17.2 Å². The number of rotatable bonds is 0. The van der Waals surface area contributed by atoms with Crippen LogP contribution in [0, 0.1) is 0 Å². The lowest BCUT2D eigenvalue weighted by molar-refractivity contribution is -0.0968. The predicted molar refractivity (Wildman–Crippen MR) is 52.8 cm³/mol. The third-order valence-electron chi connectivity index (χ3n) is 2.33. The van der Waals surface area contributed by atoms with E-state index in [1.807, 2.05) is 0 Å². The maximum Gasteiger partial charge on any atom is 0.281 e. The Balaban J connectivity index is 2.64. The molecule has 0 saturated carbocycles. The lowest BCUT2D eigenvalue weighted by Crippen LogP contribution is -2.21. The van der Waals surface area contributed by atoms with E-state index in [1.54, 1.807) is 6.07 Å². The zero-order valence-electron chi connectivity index (χ0n) is 6.90. The largest absolute Gasteiger partial charge is 0.382 e. The molecule has 1 aliphatic carbocycles. The molecule has 0 aliphatic heterocycles. The molecule has 0 heterocycles. The number of alkyl halides is 2. The highest BCUT2D eigenvalue weighted by molar-refractivity contribution is 9.10. The highest BCUT2D eigenvalue weighted by atomic mass is 79.9. The van der Waals surface area contributed by atoms with Gasteiger partial charge in [-0.1, -0.05) is 27.5 Å². The lowest BCUT2D eigenvalue weighted by atomic mass is 10.1. The van der Waals surface area contributed by atoms with Gasteiger partial charge in [0.15, 0.2) is 0 Å². The van der Waals surface area contributed by atoms with Crippen molar-refractivity contribution in [2.45, 2.75) is 18.4 Å². The number of fused-ring (bicyclic) bond motifs is 1. The standard InChI is InChI=1S/C9H6BrClF2O/c10-5-1-2-6(11)7-4(5)3-9(12,13)8(7)14/h1-2,8,14H,3H2/t8-/m0/s1. The van der Waals surface area contributed by atoms with E-state index in [-0.39, 0.29) is 10.6 Å². The SMILES string of the molecule is O[C@H]1c2c(Cl)ccc(Br)c2CC1(F)F. The average molecular weight is 283 g/mol. The molecule has 1 atom stereocenters. The highest BCUT2D eigenvalue weighted by Crippen LogP contribution is 2.48. The highest BCUT2D eigenvalue weighted by Gasteiger charge is 2.48. The minimum absolute atomic E-state index is 0.144. The lowest BCUT2D eigenvalue weighted by Gasteiger charge is -2.13. The normalized spacial score (nSPS) is 23.6. The molecule has 0 fully saturated rings. The Kier molecular flexibility index (Phi) is 2.33. The average Bonchev–Trinajstić information content (AvgIpc) is 2.33. The predicted octanol–water partition coefficient (Wildman–Crippen LogP) is 3.33. The molecule has 14 heavy (non-hydrogen) atoms. The van der Waals surface area contributed by atoms with Gasteiger partial charge < -0.3 is 5.11 Å². The second-order valence-corrected chi connectivity index (χ2v) is 4.52. The minimum Gasteiger partial charge on any atom is -0.382 e. The van der Waals surface area contributed by atoms with Crippen molar-refractivity contribution in [1.29, 1.82) is 0 Å². The van der Waals surface area contributed by atoms with E-state index in [4.69, 9.17) is 11.6 Å². The second kappa shape index (κ2) is 3.15. The molecule has 2 rings (SSSR count). The Morgan fingerprint density at radius 1 is 1.50 bits per heavy atom. The molecule has 0 radical (unpaired) electrons. The maximum atomic E-state index is 13.2. The first-order chi connectivity index (χ1) is 6.43. The molecule has 0 amide bonds. The quantitative estimate of drug-likeness (QED) is 0.774. The summed E-state index contributed by atoms with van der Waals surface area (Å²) in [6, 6.07) is 3.10. The summed E-state index contributed by atoms with van der Waals surface area (Å²) in [7, 11) is 0. The van der Waals surface area contributed by atoms with Crippen LogP contribution >= 0.6 is 27.5 Å². The van der Waals surface area contributed by atoms with Gasteiger partial charge in [-0.05, 0) is 17.7 Å². The van der Waals surface area contributed by atoms with Crippen molar-refractivity contribution in [3.63, 3.8) is 0 Å². The summed E-state index contributed by atoms with van der Waals surface area (Å²) in [6.45, 7) is 0. The Morgan fingerprint density at radius 3 is 2.71 bits per heavy atom. The molecule has 0 spiro atoms. The summed E-state index contributed by atoms with van der Waals surface area (Å²) in [5, 5.41) is 9.55. The molecule has 0 aromatic heterocycles. The van der Waals surface area contributed by atoms with Gasteiger partial charge in [-0.2, -0.15) is 0 Å². The minimum atomic E-state index is -3.12. The zero-order valence-corrected chi connectivity index (χ0v) is 9.24. The van der Waals surface area contributed by atoms with Gasteiger partial charge in [0.05, 0.1) is 0 Å². The number of aliphatic hydroxyl groups is 1. The summed E-state index contributed by atoms with van der Waals surface area (Å²) in [5.74, 6) is -3.12. The van der Waals surface area contributed by atoms with Crippen molar-refractivity contribution in [3.05, 3.63) is 32.8 Å². The van der Waals surface area contributed by atoms with Crippen molar-refractivity contribution < 1.29 is 13.9 Å². The monoisotopic (exact) mass is 282 g/mol. The van der Waals surface area contributed by atoms with Gasteiger partial charge in [0.2, 0.25) is 0 Å². The summed E-state index contributed by atoms with van der Waals surface area (Å²) in [6.07, 6.45) is -2.26. The van der Waals surface area contributed by atoms with Crippen molar-refractivity contribution >= 4 is 27.5 Å². The second-order valence-electron chi connectivity index (χ2n) is 3.26. The molecule has 76 valence electrons. The van der Waals surface area contributed by atoms with Crippen molar-refractivity contribution in [2.75, 3.05) is 0 Å². The molecule has 1 aromatic carbocycles. The Morgan fingerprint density at radius 2 is 2.14 bits per heavy atom. The van der Waals surface area contributed by atoms with E-state index in [1.165, 1.54) is 6.07 Å². The summed E-state index contributed by atoms with van der Waals surface area (Å²) >= 11 is 8.91. The molecule has 1 N–H and O–H groups in total. The molecule has 1 nitrogen and oxygen atoms in total. The third kappa shape index (κ3) is 1.36. The Bertz CT molecular complexity index is 395. The number of halogens is 4. The van der Waals surface area contributed by atoms with Gasteiger partial charge in [0.25, 0.3) is 5.92 Å². The van der Waals surface area contributed by atoms with Gasteiger partial charge in [0.1, 0.15) is 6.10 Å². The summed E-state index contributed by atoms with van der Waals surface area (Å²) < 4.78 is 26.9. The van der Waals surface area contributed by atoms with Crippen LogP contribution in [-0.2, 0) is 6.42 Å².